The minimum absolute atomic E-state index is 0.647. The van der Waals surface area contributed by atoms with Gasteiger partial charge in [-0.05, 0) is 38.1 Å². The molecule has 0 aliphatic carbocycles. The molecule has 0 spiro atoms. The van der Waals surface area contributed by atoms with Crippen LogP contribution in [0.2, 0.25) is 0 Å². The Labute approximate surface area is 179 Å². The van der Waals surface area contributed by atoms with E-state index in [1.54, 1.807) is 11.8 Å². The van der Waals surface area contributed by atoms with Gasteiger partial charge in [-0.2, -0.15) is 0 Å². The van der Waals surface area contributed by atoms with Crippen LogP contribution in [0.5, 0.6) is 0 Å². The number of likely N-dealkylation sites (tertiary alicyclic amines) is 1. The number of rotatable bonds is 7. The highest BCUT2D eigenvalue weighted by Gasteiger charge is 2.20. The van der Waals surface area contributed by atoms with Crippen LogP contribution in [0.1, 0.15) is 24.4 Å². The molecule has 3 heterocycles. The molecule has 0 unspecified atom stereocenters. The van der Waals surface area contributed by atoms with Crippen LogP contribution in [0, 0.1) is 0 Å². The standard InChI is InChI=1S/C23H23N5OS/c1-3-9-18(10-4-1)21-15-20(29-26-21)17-30-23-25-24-22(16-27-13-7-8-14-27)28(23)19-11-5-2-6-12-19/h1-6,9-12,15H,7-8,13-14,16-17H2. The van der Waals surface area contributed by atoms with Crippen molar-refractivity contribution < 1.29 is 4.52 Å². The van der Waals surface area contributed by atoms with E-state index in [2.05, 4.69) is 37.0 Å². The van der Waals surface area contributed by atoms with Crippen LogP contribution < -0.4 is 0 Å². The molecule has 0 saturated carbocycles. The summed E-state index contributed by atoms with van der Waals surface area (Å²) in [7, 11) is 0. The highest BCUT2D eigenvalue weighted by molar-refractivity contribution is 7.98. The maximum atomic E-state index is 5.56. The number of nitrogens with zero attached hydrogens (tertiary/aromatic N) is 5. The minimum Gasteiger partial charge on any atom is -0.360 e. The van der Waals surface area contributed by atoms with Crippen LogP contribution in [0.15, 0.2) is 76.4 Å². The molecule has 1 saturated heterocycles. The Morgan fingerprint density at radius 2 is 1.63 bits per heavy atom. The van der Waals surface area contributed by atoms with E-state index in [1.807, 2.05) is 54.6 Å². The SMILES string of the molecule is c1ccc(-c2cc(CSc3nnc(CN4CCCC4)n3-c3ccccc3)on2)cc1. The van der Waals surface area contributed by atoms with Gasteiger partial charge in [-0.15, -0.1) is 10.2 Å². The normalized spacial score (nSPS) is 14.4. The molecule has 5 rings (SSSR count). The second-order valence-electron chi connectivity index (χ2n) is 7.39. The first-order chi connectivity index (χ1) is 14.9. The molecule has 6 nitrogen and oxygen atoms in total. The second-order valence-corrected chi connectivity index (χ2v) is 8.33. The molecule has 152 valence electrons. The maximum absolute atomic E-state index is 5.56. The van der Waals surface area contributed by atoms with E-state index >= 15 is 0 Å². The first-order valence-corrected chi connectivity index (χ1v) is 11.2. The van der Waals surface area contributed by atoms with Gasteiger partial charge in [0, 0.05) is 17.3 Å². The van der Waals surface area contributed by atoms with Crippen molar-refractivity contribution in [2.24, 2.45) is 0 Å². The third-order valence-corrected chi connectivity index (χ3v) is 6.20. The molecule has 0 radical (unpaired) electrons. The summed E-state index contributed by atoms with van der Waals surface area (Å²) >= 11 is 1.62. The molecule has 4 aromatic rings. The van der Waals surface area contributed by atoms with Crippen molar-refractivity contribution in [2.75, 3.05) is 13.1 Å². The first-order valence-electron chi connectivity index (χ1n) is 10.2. The Kier molecular flexibility index (Phi) is 5.63. The summed E-state index contributed by atoms with van der Waals surface area (Å²) in [5.74, 6) is 2.45. The number of aromatic nitrogens is 4. The van der Waals surface area contributed by atoms with Crippen LogP contribution in [0.4, 0.5) is 0 Å². The summed E-state index contributed by atoms with van der Waals surface area (Å²) < 4.78 is 7.73. The van der Waals surface area contributed by atoms with Crippen LogP contribution >= 0.6 is 11.8 Å². The predicted molar refractivity (Wildman–Crippen MR) is 117 cm³/mol. The first kappa shape index (κ1) is 19.1. The van der Waals surface area contributed by atoms with Crippen molar-refractivity contribution in [3.05, 3.63) is 78.3 Å². The zero-order chi connectivity index (χ0) is 20.2. The summed E-state index contributed by atoms with van der Waals surface area (Å²) in [6, 6.07) is 22.4. The Morgan fingerprint density at radius 1 is 0.900 bits per heavy atom. The largest absolute Gasteiger partial charge is 0.360 e. The highest BCUT2D eigenvalue weighted by atomic mass is 32.2. The van der Waals surface area contributed by atoms with Crippen molar-refractivity contribution in [2.45, 2.75) is 30.3 Å². The van der Waals surface area contributed by atoms with E-state index in [4.69, 9.17) is 4.52 Å². The van der Waals surface area contributed by atoms with E-state index in [0.717, 1.165) is 53.3 Å². The predicted octanol–water partition coefficient (Wildman–Crippen LogP) is 4.81. The van der Waals surface area contributed by atoms with Crippen LogP contribution in [0.3, 0.4) is 0 Å². The second kappa shape index (κ2) is 8.85. The number of benzene rings is 2. The molecule has 0 amide bonds. The molecule has 7 heteroatoms. The van der Waals surface area contributed by atoms with Crippen LogP contribution in [0.25, 0.3) is 16.9 Å². The summed E-state index contributed by atoms with van der Waals surface area (Å²) in [4.78, 5) is 2.44. The lowest BCUT2D eigenvalue weighted by molar-refractivity contribution is 0.319. The van der Waals surface area contributed by atoms with Crippen LogP contribution in [-0.4, -0.2) is 37.9 Å². The van der Waals surface area contributed by atoms with E-state index in [0.29, 0.717) is 5.75 Å². The van der Waals surface area contributed by atoms with Gasteiger partial charge in [0.1, 0.15) is 11.5 Å². The van der Waals surface area contributed by atoms with Crippen LogP contribution in [-0.2, 0) is 12.3 Å². The van der Waals surface area contributed by atoms with E-state index in [-0.39, 0.29) is 0 Å². The molecule has 0 N–H and O–H groups in total. The lowest BCUT2D eigenvalue weighted by Gasteiger charge is -2.15. The van der Waals surface area contributed by atoms with E-state index in [1.165, 1.54) is 12.8 Å². The van der Waals surface area contributed by atoms with E-state index in [9.17, 15) is 0 Å². The average molecular weight is 418 g/mol. The fraction of sp³-hybridized carbons (Fsp3) is 0.261. The molecule has 1 aliphatic heterocycles. The topological polar surface area (TPSA) is 60.0 Å². The summed E-state index contributed by atoms with van der Waals surface area (Å²) in [6.45, 7) is 3.08. The molecule has 1 aliphatic rings. The van der Waals surface area contributed by atoms with Gasteiger partial charge in [-0.25, -0.2) is 0 Å². The van der Waals surface area contributed by atoms with Gasteiger partial charge in [0.25, 0.3) is 0 Å². The fourth-order valence-electron chi connectivity index (χ4n) is 3.73. The monoisotopic (exact) mass is 417 g/mol. The summed E-state index contributed by atoms with van der Waals surface area (Å²) in [6.07, 6.45) is 2.52. The average Bonchev–Trinajstić information content (AvgIpc) is 3.55. The zero-order valence-corrected chi connectivity index (χ0v) is 17.5. The molecule has 1 fully saturated rings. The molecule has 0 atom stereocenters. The Balaban J connectivity index is 1.36. The number of thioether (sulfide) groups is 1. The lowest BCUT2D eigenvalue weighted by Crippen LogP contribution is -2.21. The number of hydrogen-bond donors (Lipinski definition) is 0. The van der Waals surface area contributed by atoms with Crippen molar-refractivity contribution in [1.82, 2.24) is 24.8 Å². The molecular weight excluding hydrogens is 394 g/mol. The molecule has 0 bridgehead atoms. The molecule has 2 aromatic heterocycles. The quantitative estimate of drug-likeness (QED) is 0.402. The maximum Gasteiger partial charge on any atom is 0.196 e. The number of hydrogen-bond acceptors (Lipinski definition) is 6. The number of para-hydroxylation sites is 1. The highest BCUT2D eigenvalue weighted by Crippen LogP contribution is 2.28. The summed E-state index contributed by atoms with van der Waals surface area (Å²) in [5.41, 5.74) is 2.99. The lowest BCUT2D eigenvalue weighted by atomic mass is 10.1. The Hall–Kier alpha value is -2.90. The zero-order valence-electron chi connectivity index (χ0n) is 16.6. The van der Waals surface area contributed by atoms with Gasteiger partial charge in [-0.3, -0.25) is 9.47 Å². The Morgan fingerprint density at radius 3 is 2.40 bits per heavy atom. The molecule has 2 aromatic carbocycles. The van der Waals surface area contributed by atoms with Gasteiger partial charge in [0.05, 0.1) is 12.3 Å². The van der Waals surface area contributed by atoms with Gasteiger partial charge < -0.3 is 4.52 Å². The fourth-order valence-corrected chi connectivity index (χ4v) is 4.58. The summed E-state index contributed by atoms with van der Waals surface area (Å²) in [5, 5.41) is 14.1. The van der Waals surface area contributed by atoms with Crippen molar-refractivity contribution >= 4 is 11.8 Å². The van der Waals surface area contributed by atoms with Gasteiger partial charge >= 0.3 is 0 Å². The van der Waals surface area contributed by atoms with Gasteiger partial charge in [-0.1, -0.05) is 65.4 Å². The third-order valence-electron chi connectivity index (χ3n) is 5.25. The van der Waals surface area contributed by atoms with Gasteiger partial charge in [0.2, 0.25) is 0 Å². The van der Waals surface area contributed by atoms with Crippen molar-refractivity contribution in [3.63, 3.8) is 0 Å². The van der Waals surface area contributed by atoms with Gasteiger partial charge in [0.15, 0.2) is 11.0 Å². The Bertz CT molecular complexity index is 1090. The smallest absolute Gasteiger partial charge is 0.196 e. The van der Waals surface area contributed by atoms with Crippen molar-refractivity contribution in [1.29, 1.82) is 0 Å². The van der Waals surface area contributed by atoms with E-state index < -0.39 is 0 Å². The molecule has 30 heavy (non-hydrogen) atoms. The minimum atomic E-state index is 0.647. The van der Waals surface area contributed by atoms with Crippen molar-refractivity contribution in [3.8, 4) is 16.9 Å². The third kappa shape index (κ3) is 4.17. The molecular formula is C23H23N5OS.